The van der Waals surface area contributed by atoms with E-state index in [1.54, 1.807) is 12.1 Å². The van der Waals surface area contributed by atoms with Gasteiger partial charge in [-0.3, -0.25) is 4.79 Å². The Morgan fingerprint density at radius 2 is 2.00 bits per heavy atom. The van der Waals surface area contributed by atoms with Gasteiger partial charge >= 0.3 is 0 Å². The van der Waals surface area contributed by atoms with Crippen molar-refractivity contribution in [3.8, 4) is 0 Å². The zero-order valence-corrected chi connectivity index (χ0v) is 14.4. The molecular weight excluding hydrogens is 340 g/mol. The lowest BCUT2D eigenvalue weighted by molar-refractivity contribution is 0.0758. The molecule has 1 saturated heterocycles. The van der Waals surface area contributed by atoms with Crippen molar-refractivity contribution in [1.82, 2.24) is 4.90 Å². The van der Waals surface area contributed by atoms with Crippen molar-refractivity contribution in [3.63, 3.8) is 0 Å². The van der Waals surface area contributed by atoms with Crippen molar-refractivity contribution in [3.05, 3.63) is 28.2 Å². The van der Waals surface area contributed by atoms with Crippen LogP contribution in [0.25, 0.3) is 0 Å². The highest BCUT2D eigenvalue weighted by Crippen LogP contribution is 2.30. The van der Waals surface area contributed by atoms with E-state index in [9.17, 15) is 4.79 Å². The number of carbonyl (C=O) groups excluding carboxylic acids is 1. The van der Waals surface area contributed by atoms with Crippen LogP contribution in [0.3, 0.4) is 0 Å². The maximum atomic E-state index is 12.5. The monoisotopic (exact) mass is 360 g/mol. The summed E-state index contributed by atoms with van der Waals surface area (Å²) in [4.78, 5) is 14.5. The number of nitrogens with zero attached hydrogens (tertiary/aromatic N) is 1. The lowest BCUT2D eigenvalue weighted by Gasteiger charge is -2.23. The molecule has 0 unspecified atom stereocenters. The van der Waals surface area contributed by atoms with Crippen molar-refractivity contribution in [2.75, 3.05) is 18.8 Å². The van der Waals surface area contributed by atoms with E-state index >= 15 is 0 Å². The highest BCUT2D eigenvalue weighted by Gasteiger charge is 2.26. The summed E-state index contributed by atoms with van der Waals surface area (Å²) in [7, 11) is 0. The van der Waals surface area contributed by atoms with Crippen molar-refractivity contribution >= 4 is 39.9 Å². The second-order valence-corrected chi connectivity index (χ2v) is 6.96. The van der Waals surface area contributed by atoms with Crippen molar-refractivity contribution in [1.29, 1.82) is 0 Å². The van der Waals surface area contributed by atoms with Crippen LogP contribution in [-0.4, -0.2) is 23.9 Å². The number of benzene rings is 1. The first-order valence-electron chi connectivity index (χ1n) is 6.73. The summed E-state index contributed by atoms with van der Waals surface area (Å²) >= 11 is 3.36. The van der Waals surface area contributed by atoms with Crippen LogP contribution >= 0.6 is 28.3 Å². The Morgan fingerprint density at radius 3 is 2.65 bits per heavy atom. The number of nitrogen functional groups attached to an aromatic ring is 1. The van der Waals surface area contributed by atoms with Crippen LogP contribution in [0.2, 0.25) is 0 Å². The molecule has 1 aliphatic heterocycles. The SMILES string of the molecule is CC1(C)CCCN(C(=O)c2ccc(Br)cc2N)CC1.Cl. The van der Waals surface area contributed by atoms with Crippen molar-refractivity contribution < 1.29 is 4.79 Å². The molecule has 0 bridgehead atoms. The first kappa shape index (κ1) is 17.3. The molecule has 2 rings (SSSR count). The van der Waals surface area contributed by atoms with E-state index < -0.39 is 0 Å². The quantitative estimate of drug-likeness (QED) is 0.765. The summed E-state index contributed by atoms with van der Waals surface area (Å²) in [5, 5.41) is 0. The number of nitrogens with two attached hydrogens (primary N) is 1. The van der Waals surface area contributed by atoms with Crippen molar-refractivity contribution in [2.45, 2.75) is 33.1 Å². The average Bonchev–Trinajstić information content (AvgIpc) is 2.49. The Balaban J connectivity index is 0.00000200. The lowest BCUT2D eigenvalue weighted by atomic mass is 9.85. The number of amides is 1. The van der Waals surface area contributed by atoms with E-state index in [1.165, 1.54) is 6.42 Å². The van der Waals surface area contributed by atoms with Gasteiger partial charge in [0.15, 0.2) is 0 Å². The molecule has 0 saturated carbocycles. The molecule has 1 heterocycles. The molecule has 5 heteroatoms. The molecule has 0 radical (unpaired) electrons. The van der Waals surface area contributed by atoms with Crippen LogP contribution in [0.5, 0.6) is 0 Å². The van der Waals surface area contributed by atoms with Gasteiger partial charge in [-0.1, -0.05) is 29.8 Å². The fourth-order valence-corrected chi connectivity index (χ4v) is 2.90. The molecule has 20 heavy (non-hydrogen) atoms. The standard InChI is InChI=1S/C15H21BrN2O.ClH/c1-15(2)6-3-8-18(9-7-15)14(19)12-5-4-11(16)10-13(12)17;/h4-5,10H,3,6-9,17H2,1-2H3;1H. The zero-order valence-electron chi connectivity index (χ0n) is 12.0. The highest BCUT2D eigenvalue weighted by atomic mass is 79.9. The Morgan fingerprint density at radius 1 is 1.30 bits per heavy atom. The summed E-state index contributed by atoms with van der Waals surface area (Å²) < 4.78 is 0.901. The number of hydrogen-bond acceptors (Lipinski definition) is 2. The Labute approximate surface area is 135 Å². The molecule has 1 fully saturated rings. The van der Waals surface area contributed by atoms with Gasteiger partial charge in [0.25, 0.3) is 5.91 Å². The first-order valence-corrected chi connectivity index (χ1v) is 7.53. The Kier molecular flexibility index (Phi) is 5.90. The molecule has 0 aromatic heterocycles. The maximum Gasteiger partial charge on any atom is 0.255 e. The number of rotatable bonds is 1. The third-order valence-electron chi connectivity index (χ3n) is 3.87. The first-order chi connectivity index (χ1) is 8.89. The highest BCUT2D eigenvalue weighted by molar-refractivity contribution is 9.10. The van der Waals surface area contributed by atoms with E-state index in [2.05, 4.69) is 29.8 Å². The van der Waals surface area contributed by atoms with Gasteiger partial charge in [0, 0.05) is 23.2 Å². The third-order valence-corrected chi connectivity index (χ3v) is 4.36. The molecule has 1 aromatic rings. The van der Waals surface area contributed by atoms with Gasteiger partial charge in [0.05, 0.1) is 5.56 Å². The number of anilines is 1. The lowest BCUT2D eigenvalue weighted by Crippen LogP contribution is -2.32. The molecule has 0 spiro atoms. The molecule has 1 aromatic carbocycles. The second-order valence-electron chi connectivity index (χ2n) is 6.04. The number of likely N-dealkylation sites (tertiary alicyclic amines) is 1. The van der Waals surface area contributed by atoms with Gasteiger partial charge in [-0.15, -0.1) is 12.4 Å². The van der Waals surface area contributed by atoms with Gasteiger partial charge in [-0.2, -0.15) is 0 Å². The van der Waals surface area contributed by atoms with Gasteiger partial charge in [-0.25, -0.2) is 0 Å². The molecule has 0 aliphatic carbocycles. The third kappa shape index (κ3) is 4.13. The van der Waals surface area contributed by atoms with Crippen molar-refractivity contribution in [2.24, 2.45) is 5.41 Å². The zero-order chi connectivity index (χ0) is 14.0. The van der Waals surface area contributed by atoms with E-state index in [0.29, 0.717) is 16.7 Å². The molecule has 2 N–H and O–H groups in total. The number of carbonyl (C=O) groups is 1. The maximum absolute atomic E-state index is 12.5. The Hall–Kier alpha value is -0.740. The minimum absolute atomic E-state index is 0. The molecule has 112 valence electrons. The topological polar surface area (TPSA) is 46.3 Å². The van der Waals surface area contributed by atoms with E-state index in [4.69, 9.17) is 5.73 Å². The van der Waals surface area contributed by atoms with Crippen LogP contribution in [0.15, 0.2) is 22.7 Å². The number of hydrogen-bond donors (Lipinski definition) is 1. The number of halogens is 2. The normalized spacial score (nSPS) is 18.1. The smallest absolute Gasteiger partial charge is 0.255 e. The van der Waals surface area contributed by atoms with Crippen LogP contribution < -0.4 is 5.73 Å². The van der Waals surface area contributed by atoms with E-state index in [-0.39, 0.29) is 18.3 Å². The summed E-state index contributed by atoms with van der Waals surface area (Å²) in [6.45, 7) is 6.20. The van der Waals surface area contributed by atoms with Gasteiger partial charge < -0.3 is 10.6 Å². The molecule has 3 nitrogen and oxygen atoms in total. The summed E-state index contributed by atoms with van der Waals surface area (Å²) in [6.07, 6.45) is 3.29. The minimum atomic E-state index is 0. The summed E-state index contributed by atoms with van der Waals surface area (Å²) in [5.74, 6) is 0.0581. The molecule has 0 atom stereocenters. The second kappa shape index (κ2) is 6.81. The molecule has 1 amide bonds. The molecule has 1 aliphatic rings. The van der Waals surface area contributed by atoms with Gasteiger partial charge in [-0.05, 0) is 42.9 Å². The van der Waals surface area contributed by atoms with Gasteiger partial charge in [0.1, 0.15) is 0 Å². The van der Waals surface area contributed by atoms with E-state index in [1.807, 2.05) is 11.0 Å². The fourth-order valence-electron chi connectivity index (χ4n) is 2.52. The predicted octanol–water partition coefficient (Wildman–Crippen LogP) is 4.11. The summed E-state index contributed by atoms with van der Waals surface area (Å²) in [6, 6.07) is 5.46. The summed E-state index contributed by atoms with van der Waals surface area (Å²) in [5.41, 5.74) is 7.44. The fraction of sp³-hybridized carbons (Fsp3) is 0.533. The van der Waals surface area contributed by atoms with Crippen LogP contribution in [0.4, 0.5) is 5.69 Å². The van der Waals surface area contributed by atoms with Crippen LogP contribution in [0, 0.1) is 5.41 Å². The Bertz CT molecular complexity index is 491. The molecular formula is C15H22BrClN2O. The largest absolute Gasteiger partial charge is 0.398 e. The van der Waals surface area contributed by atoms with Gasteiger partial charge in [0.2, 0.25) is 0 Å². The predicted molar refractivity (Wildman–Crippen MR) is 89.3 cm³/mol. The van der Waals surface area contributed by atoms with Crippen LogP contribution in [-0.2, 0) is 0 Å². The van der Waals surface area contributed by atoms with E-state index in [0.717, 1.165) is 30.4 Å². The van der Waals surface area contributed by atoms with Crippen LogP contribution in [0.1, 0.15) is 43.5 Å². The average molecular weight is 362 g/mol. The minimum Gasteiger partial charge on any atom is -0.398 e.